The standard InChI is InChI=1S/C19H24N4O2S/c1-21-10-16(24)23(15-4-9-26-11-15)14-19(21)7-8-22(13-19)17(25)18(12-20)5-2-3-6-18/h4,9,11H,2-3,5-8,10,13-14H2,1H3. The number of piperazine rings is 1. The third kappa shape index (κ3) is 2.63. The third-order valence-corrected chi connectivity index (χ3v) is 7.12. The Balaban J connectivity index is 1.55. The average Bonchev–Trinajstić information content (AvgIpc) is 3.39. The van der Waals surface area contributed by atoms with Crippen LogP contribution >= 0.6 is 11.3 Å². The molecule has 2 amide bonds. The molecule has 0 radical (unpaired) electrons. The van der Waals surface area contributed by atoms with Gasteiger partial charge in [0.25, 0.3) is 0 Å². The van der Waals surface area contributed by atoms with Crippen molar-refractivity contribution in [2.75, 3.05) is 38.1 Å². The fourth-order valence-corrected chi connectivity index (χ4v) is 5.37. The van der Waals surface area contributed by atoms with Gasteiger partial charge in [0, 0.05) is 25.0 Å². The minimum atomic E-state index is -0.818. The van der Waals surface area contributed by atoms with Crippen molar-refractivity contribution in [3.63, 3.8) is 0 Å². The number of anilines is 1. The summed E-state index contributed by atoms with van der Waals surface area (Å²) in [5.74, 6) is 0.104. The van der Waals surface area contributed by atoms with Crippen LogP contribution in [-0.2, 0) is 9.59 Å². The summed E-state index contributed by atoms with van der Waals surface area (Å²) in [4.78, 5) is 31.5. The first-order chi connectivity index (χ1) is 12.5. The van der Waals surface area contributed by atoms with Gasteiger partial charge < -0.3 is 9.80 Å². The van der Waals surface area contributed by atoms with E-state index in [1.807, 2.05) is 33.7 Å². The van der Waals surface area contributed by atoms with E-state index in [0.717, 1.165) is 24.9 Å². The van der Waals surface area contributed by atoms with Gasteiger partial charge in [-0.1, -0.05) is 12.8 Å². The maximum Gasteiger partial charge on any atom is 0.243 e. The number of likely N-dealkylation sites (tertiary alicyclic amines) is 1. The molecule has 1 aromatic rings. The van der Waals surface area contributed by atoms with E-state index < -0.39 is 5.41 Å². The smallest absolute Gasteiger partial charge is 0.243 e. The maximum atomic E-state index is 13.1. The number of nitrogens with zero attached hydrogens (tertiary/aromatic N) is 4. The molecule has 2 saturated heterocycles. The summed E-state index contributed by atoms with van der Waals surface area (Å²) in [6, 6.07) is 4.30. The third-order valence-electron chi connectivity index (χ3n) is 6.45. The molecule has 3 fully saturated rings. The summed E-state index contributed by atoms with van der Waals surface area (Å²) in [6.45, 7) is 2.22. The van der Waals surface area contributed by atoms with Crippen LogP contribution in [0.3, 0.4) is 0 Å². The van der Waals surface area contributed by atoms with Crippen molar-refractivity contribution in [2.45, 2.75) is 37.6 Å². The molecule has 0 N–H and O–H groups in total. The van der Waals surface area contributed by atoms with Crippen LogP contribution in [-0.4, -0.2) is 60.4 Å². The van der Waals surface area contributed by atoms with Crippen molar-refractivity contribution in [3.8, 4) is 6.07 Å². The van der Waals surface area contributed by atoms with E-state index >= 15 is 0 Å². The quantitative estimate of drug-likeness (QED) is 0.797. The molecular weight excluding hydrogens is 348 g/mol. The van der Waals surface area contributed by atoms with Gasteiger partial charge in [-0.05, 0) is 37.8 Å². The van der Waals surface area contributed by atoms with Crippen LogP contribution in [0.4, 0.5) is 5.69 Å². The number of carbonyl (C=O) groups excluding carboxylic acids is 2. The Morgan fingerprint density at radius 2 is 2.04 bits per heavy atom. The summed E-state index contributed by atoms with van der Waals surface area (Å²) in [6.07, 6.45) is 4.12. The topological polar surface area (TPSA) is 67.7 Å². The molecule has 6 nitrogen and oxygen atoms in total. The Kier molecular flexibility index (Phi) is 4.28. The average molecular weight is 372 g/mol. The number of carbonyl (C=O) groups is 2. The molecule has 0 bridgehead atoms. The molecule has 1 unspecified atom stereocenters. The Hall–Kier alpha value is -1.91. The van der Waals surface area contributed by atoms with Crippen molar-refractivity contribution in [1.82, 2.24) is 9.80 Å². The lowest BCUT2D eigenvalue weighted by atomic mass is 9.86. The van der Waals surface area contributed by atoms with E-state index in [1.165, 1.54) is 0 Å². The summed E-state index contributed by atoms with van der Waals surface area (Å²) in [7, 11) is 1.98. The Labute approximate surface area is 158 Å². The van der Waals surface area contributed by atoms with Crippen LogP contribution in [0.2, 0.25) is 0 Å². The van der Waals surface area contributed by atoms with Crippen LogP contribution in [0.25, 0.3) is 0 Å². The number of thiophene rings is 1. The summed E-state index contributed by atoms with van der Waals surface area (Å²) in [5.41, 5.74) is -0.0934. The van der Waals surface area contributed by atoms with Gasteiger partial charge in [0.2, 0.25) is 11.8 Å². The Morgan fingerprint density at radius 1 is 1.27 bits per heavy atom. The second-order valence-electron chi connectivity index (χ2n) is 7.92. The lowest BCUT2D eigenvalue weighted by Crippen LogP contribution is -2.64. The van der Waals surface area contributed by atoms with E-state index in [-0.39, 0.29) is 17.4 Å². The molecule has 0 aromatic carbocycles. The highest BCUT2D eigenvalue weighted by molar-refractivity contribution is 7.08. The summed E-state index contributed by atoms with van der Waals surface area (Å²) < 4.78 is 0. The molecule has 4 rings (SSSR count). The molecule has 1 spiro atoms. The van der Waals surface area contributed by atoms with Crippen molar-refractivity contribution in [3.05, 3.63) is 16.8 Å². The van der Waals surface area contributed by atoms with Crippen LogP contribution in [0.15, 0.2) is 16.8 Å². The number of nitriles is 1. The largest absolute Gasteiger partial charge is 0.339 e. The predicted molar refractivity (Wildman–Crippen MR) is 99.7 cm³/mol. The zero-order valence-corrected chi connectivity index (χ0v) is 15.9. The van der Waals surface area contributed by atoms with Gasteiger partial charge in [-0.25, -0.2) is 0 Å². The van der Waals surface area contributed by atoms with E-state index in [2.05, 4.69) is 11.0 Å². The second-order valence-corrected chi connectivity index (χ2v) is 8.70. The van der Waals surface area contributed by atoms with E-state index in [1.54, 1.807) is 11.3 Å². The molecule has 1 saturated carbocycles. The van der Waals surface area contributed by atoms with Crippen molar-refractivity contribution >= 4 is 28.8 Å². The SMILES string of the molecule is CN1CC(=O)N(c2ccsc2)CC12CCN(C(=O)C1(C#N)CCCC1)C2. The van der Waals surface area contributed by atoms with Gasteiger partial charge in [-0.2, -0.15) is 16.6 Å². The van der Waals surface area contributed by atoms with E-state index in [4.69, 9.17) is 0 Å². The van der Waals surface area contributed by atoms with Crippen molar-refractivity contribution in [1.29, 1.82) is 5.26 Å². The van der Waals surface area contributed by atoms with Crippen molar-refractivity contribution in [2.24, 2.45) is 5.41 Å². The van der Waals surface area contributed by atoms with E-state index in [0.29, 0.717) is 39.0 Å². The first-order valence-electron chi connectivity index (χ1n) is 9.24. The van der Waals surface area contributed by atoms with Crippen LogP contribution in [0.5, 0.6) is 0 Å². The number of hydrogen-bond donors (Lipinski definition) is 0. The molecule has 26 heavy (non-hydrogen) atoms. The zero-order chi connectivity index (χ0) is 18.4. The van der Waals surface area contributed by atoms with Gasteiger partial charge in [0.15, 0.2) is 0 Å². The highest BCUT2D eigenvalue weighted by atomic mass is 32.1. The van der Waals surface area contributed by atoms with Gasteiger partial charge >= 0.3 is 0 Å². The lowest BCUT2D eigenvalue weighted by Gasteiger charge is -2.46. The van der Waals surface area contributed by atoms with Crippen LogP contribution in [0.1, 0.15) is 32.1 Å². The minimum Gasteiger partial charge on any atom is -0.339 e. The van der Waals surface area contributed by atoms with E-state index in [9.17, 15) is 14.9 Å². The second kappa shape index (κ2) is 6.36. The highest BCUT2D eigenvalue weighted by Gasteiger charge is 2.52. The molecule has 1 aliphatic carbocycles. The normalized spacial score (nSPS) is 28.7. The fraction of sp³-hybridized carbons (Fsp3) is 0.632. The lowest BCUT2D eigenvalue weighted by molar-refractivity contribution is -0.138. The Bertz CT molecular complexity index is 750. The molecule has 1 aromatic heterocycles. The fourth-order valence-electron chi connectivity index (χ4n) is 4.73. The molecule has 3 heterocycles. The number of rotatable bonds is 2. The van der Waals surface area contributed by atoms with Gasteiger partial charge in [0.05, 0.1) is 23.8 Å². The summed E-state index contributed by atoms with van der Waals surface area (Å²) >= 11 is 1.58. The molecule has 2 aliphatic heterocycles. The predicted octanol–water partition coefficient (Wildman–Crippen LogP) is 2.08. The van der Waals surface area contributed by atoms with Gasteiger partial charge in [-0.3, -0.25) is 14.5 Å². The van der Waals surface area contributed by atoms with Crippen LogP contribution < -0.4 is 4.90 Å². The monoisotopic (exact) mass is 372 g/mol. The maximum absolute atomic E-state index is 13.1. The van der Waals surface area contributed by atoms with Gasteiger partial charge in [-0.15, -0.1) is 0 Å². The minimum absolute atomic E-state index is 0.00163. The highest BCUT2D eigenvalue weighted by Crippen LogP contribution is 2.42. The Morgan fingerprint density at radius 3 is 2.69 bits per heavy atom. The molecular formula is C19H24N4O2S. The molecule has 138 valence electrons. The zero-order valence-electron chi connectivity index (χ0n) is 15.1. The first-order valence-corrected chi connectivity index (χ1v) is 10.2. The first kappa shape index (κ1) is 17.5. The summed E-state index contributed by atoms with van der Waals surface area (Å²) in [5, 5.41) is 13.6. The van der Waals surface area contributed by atoms with Crippen LogP contribution in [0, 0.1) is 16.7 Å². The molecule has 1 atom stereocenters. The number of hydrogen-bond acceptors (Lipinski definition) is 5. The van der Waals surface area contributed by atoms with Gasteiger partial charge in [0.1, 0.15) is 5.41 Å². The molecule has 3 aliphatic rings. The number of amides is 2. The van der Waals surface area contributed by atoms with Crippen molar-refractivity contribution < 1.29 is 9.59 Å². The number of likely N-dealkylation sites (N-methyl/N-ethyl adjacent to an activating group) is 1. The molecule has 7 heteroatoms.